The molecule has 3 atom stereocenters. The van der Waals surface area contributed by atoms with Crippen LogP contribution in [0, 0.1) is 0 Å². The van der Waals surface area contributed by atoms with Gasteiger partial charge in [0.1, 0.15) is 5.52 Å². The zero-order valence-corrected chi connectivity index (χ0v) is 18.4. The van der Waals surface area contributed by atoms with Gasteiger partial charge >= 0.3 is 0 Å². The molecule has 1 fully saturated rings. The van der Waals surface area contributed by atoms with Gasteiger partial charge in [-0.15, -0.1) is 0 Å². The third-order valence-electron chi connectivity index (χ3n) is 5.56. The molecular formula is C20H24N6OS2. The first kappa shape index (κ1) is 18.9. The molecule has 5 heterocycles. The summed E-state index contributed by atoms with van der Waals surface area (Å²) in [5, 5.41) is 5.84. The Kier molecular flexibility index (Phi) is 4.76. The summed E-state index contributed by atoms with van der Waals surface area (Å²) < 4.78 is 13.4. The Hall–Kier alpha value is -2.10. The topological polar surface area (TPSA) is 59.3 Å². The number of fused-ring (bicyclic) bond motifs is 2. The van der Waals surface area contributed by atoms with Crippen molar-refractivity contribution in [3.8, 4) is 11.3 Å². The minimum absolute atomic E-state index is 0.199. The number of hydrogen-bond donors (Lipinski definition) is 0. The normalized spacial score (nSPS) is 24.7. The number of pyridine rings is 1. The van der Waals surface area contributed by atoms with Crippen LogP contribution in [0.1, 0.15) is 32.5 Å². The molecule has 2 aliphatic heterocycles. The average molecular weight is 429 g/mol. The Labute approximate surface area is 179 Å². The summed E-state index contributed by atoms with van der Waals surface area (Å²) in [7, 11) is 0. The first-order chi connectivity index (χ1) is 14.0. The molecule has 0 radical (unpaired) electrons. The zero-order chi connectivity index (χ0) is 20.1. The summed E-state index contributed by atoms with van der Waals surface area (Å²) in [6.07, 6.45) is 4.04. The third kappa shape index (κ3) is 3.41. The summed E-state index contributed by atoms with van der Waals surface area (Å²) >= 11 is 7.35. The molecule has 3 aromatic heterocycles. The number of morpholine rings is 1. The van der Waals surface area contributed by atoms with Crippen molar-refractivity contribution in [1.29, 1.82) is 0 Å². The second-order valence-corrected chi connectivity index (χ2v) is 9.21. The molecule has 5 rings (SSSR count). The lowest BCUT2D eigenvalue weighted by Gasteiger charge is -2.42. The standard InChI is InChI=1S/C20H24N6OS2/c1-12-8-24(20(28)25-9-13(2)27-14(3)10-25)11-15-6-17(23-26(12)15)16-4-5-21-18-7-22-29-19(16)18/h4-7,12-14H,8-11H2,1-3H3/t12-,13-,14+/m0/s1. The van der Waals surface area contributed by atoms with Gasteiger partial charge in [-0.1, -0.05) is 0 Å². The molecule has 1 saturated heterocycles. The van der Waals surface area contributed by atoms with Crippen LogP contribution in [-0.2, 0) is 11.3 Å². The molecule has 0 aromatic carbocycles. The highest BCUT2D eigenvalue weighted by molar-refractivity contribution is 7.80. The summed E-state index contributed by atoms with van der Waals surface area (Å²) in [5.41, 5.74) is 4.18. The van der Waals surface area contributed by atoms with Gasteiger partial charge in [0.2, 0.25) is 0 Å². The molecule has 29 heavy (non-hydrogen) atoms. The molecule has 152 valence electrons. The lowest BCUT2D eigenvalue weighted by atomic mass is 10.1. The van der Waals surface area contributed by atoms with E-state index < -0.39 is 0 Å². The summed E-state index contributed by atoms with van der Waals surface area (Å²) in [6, 6.07) is 4.46. The van der Waals surface area contributed by atoms with Crippen LogP contribution in [0.2, 0.25) is 0 Å². The molecule has 9 heteroatoms. The minimum Gasteiger partial charge on any atom is -0.372 e. The fourth-order valence-corrected chi connectivity index (χ4v) is 5.40. The van der Waals surface area contributed by atoms with Gasteiger partial charge in [0.25, 0.3) is 0 Å². The van der Waals surface area contributed by atoms with E-state index in [0.717, 1.165) is 52.8 Å². The Morgan fingerprint density at radius 1 is 1.17 bits per heavy atom. The summed E-state index contributed by atoms with van der Waals surface area (Å²) in [4.78, 5) is 8.99. The van der Waals surface area contributed by atoms with Gasteiger partial charge in [-0.25, -0.2) is 0 Å². The van der Waals surface area contributed by atoms with Gasteiger partial charge in [0.05, 0.1) is 47.1 Å². The lowest BCUT2D eigenvalue weighted by molar-refractivity contribution is -0.0505. The van der Waals surface area contributed by atoms with Crippen LogP contribution in [0.15, 0.2) is 24.5 Å². The van der Waals surface area contributed by atoms with Crippen molar-refractivity contribution in [3.05, 3.63) is 30.2 Å². The average Bonchev–Trinajstić information content (AvgIpc) is 3.33. The number of aromatic nitrogens is 4. The van der Waals surface area contributed by atoms with Crippen LogP contribution >= 0.6 is 23.8 Å². The predicted molar refractivity (Wildman–Crippen MR) is 118 cm³/mol. The largest absolute Gasteiger partial charge is 0.372 e. The Bertz CT molecular complexity index is 1050. The predicted octanol–water partition coefficient (Wildman–Crippen LogP) is 3.33. The lowest BCUT2D eigenvalue weighted by Crippen LogP contribution is -2.54. The molecule has 0 N–H and O–H groups in total. The number of hydrogen-bond acceptors (Lipinski definition) is 6. The Morgan fingerprint density at radius 3 is 2.76 bits per heavy atom. The highest BCUT2D eigenvalue weighted by Gasteiger charge is 2.31. The van der Waals surface area contributed by atoms with E-state index >= 15 is 0 Å². The van der Waals surface area contributed by atoms with Crippen LogP contribution in [0.3, 0.4) is 0 Å². The van der Waals surface area contributed by atoms with E-state index in [9.17, 15) is 0 Å². The van der Waals surface area contributed by atoms with Crippen molar-refractivity contribution in [3.63, 3.8) is 0 Å². The second-order valence-electron chi connectivity index (χ2n) is 8.04. The number of rotatable bonds is 1. The molecule has 7 nitrogen and oxygen atoms in total. The van der Waals surface area contributed by atoms with Crippen LogP contribution in [0.25, 0.3) is 21.5 Å². The Balaban J connectivity index is 1.42. The van der Waals surface area contributed by atoms with Gasteiger partial charge in [0, 0.05) is 31.4 Å². The molecule has 2 aliphatic rings. The van der Waals surface area contributed by atoms with Crippen molar-refractivity contribution >= 4 is 39.1 Å². The molecule has 3 aromatic rings. The van der Waals surface area contributed by atoms with Gasteiger partial charge in [-0.2, -0.15) is 9.47 Å². The third-order valence-corrected chi connectivity index (χ3v) is 6.89. The van der Waals surface area contributed by atoms with E-state index in [1.165, 1.54) is 17.2 Å². The van der Waals surface area contributed by atoms with Crippen molar-refractivity contribution in [2.45, 2.75) is 45.6 Å². The van der Waals surface area contributed by atoms with Gasteiger partial charge in [0.15, 0.2) is 5.11 Å². The van der Waals surface area contributed by atoms with E-state index in [-0.39, 0.29) is 18.2 Å². The van der Waals surface area contributed by atoms with E-state index in [1.807, 2.05) is 18.5 Å². The zero-order valence-electron chi connectivity index (χ0n) is 16.8. The SMILES string of the molecule is C[C@@H]1CN(C(=S)N2Cc3cc(-c4ccnc5cnsc45)nn3[C@@H](C)C2)C[C@H](C)O1. The van der Waals surface area contributed by atoms with Crippen molar-refractivity contribution in [2.75, 3.05) is 19.6 Å². The van der Waals surface area contributed by atoms with Gasteiger partial charge in [-0.3, -0.25) is 9.67 Å². The maximum absolute atomic E-state index is 5.89. The van der Waals surface area contributed by atoms with Crippen molar-refractivity contribution in [1.82, 2.24) is 28.9 Å². The van der Waals surface area contributed by atoms with Crippen LogP contribution in [0.4, 0.5) is 0 Å². The molecule has 0 unspecified atom stereocenters. The first-order valence-electron chi connectivity index (χ1n) is 9.97. The number of nitrogens with zero attached hydrogens (tertiary/aromatic N) is 6. The smallest absolute Gasteiger partial charge is 0.172 e. The highest BCUT2D eigenvalue weighted by atomic mass is 32.1. The number of ether oxygens (including phenoxy) is 1. The molecule has 0 aliphatic carbocycles. The fraction of sp³-hybridized carbons (Fsp3) is 0.500. The van der Waals surface area contributed by atoms with Gasteiger partial charge < -0.3 is 14.5 Å². The van der Waals surface area contributed by atoms with Gasteiger partial charge in [-0.05, 0) is 56.7 Å². The van der Waals surface area contributed by atoms with E-state index in [4.69, 9.17) is 22.1 Å². The first-order valence-corrected chi connectivity index (χ1v) is 11.1. The number of thiocarbonyl (C=S) groups is 1. The highest BCUT2D eigenvalue weighted by Crippen LogP contribution is 2.32. The van der Waals surface area contributed by atoms with E-state index in [2.05, 4.69) is 50.7 Å². The molecule has 0 bridgehead atoms. The monoisotopic (exact) mass is 428 g/mol. The van der Waals surface area contributed by atoms with E-state index in [0.29, 0.717) is 0 Å². The molecule has 0 saturated carbocycles. The van der Waals surface area contributed by atoms with Crippen molar-refractivity contribution in [2.24, 2.45) is 0 Å². The van der Waals surface area contributed by atoms with Crippen LogP contribution in [0.5, 0.6) is 0 Å². The minimum atomic E-state index is 0.199. The van der Waals surface area contributed by atoms with Crippen LogP contribution < -0.4 is 0 Å². The molecule has 0 amide bonds. The maximum Gasteiger partial charge on any atom is 0.172 e. The van der Waals surface area contributed by atoms with Crippen LogP contribution in [-0.4, -0.2) is 65.9 Å². The maximum atomic E-state index is 5.89. The van der Waals surface area contributed by atoms with E-state index in [1.54, 1.807) is 0 Å². The second kappa shape index (κ2) is 7.30. The molecular weight excluding hydrogens is 404 g/mol. The van der Waals surface area contributed by atoms with Crippen molar-refractivity contribution < 1.29 is 4.74 Å². The summed E-state index contributed by atoms with van der Waals surface area (Å²) in [6.45, 7) is 9.75. The fourth-order valence-electron chi connectivity index (χ4n) is 4.38. The quantitative estimate of drug-likeness (QED) is 0.551. The molecule has 0 spiro atoms. The summed E-state index contributed by atoms with van der Waals surface area (Å²) in [5.74, 6) is 0. The Morgan fingerprint density at radius 2 is 1.97 bits per heavy atom.